The largest absolute Gasteiger partial charge is 0.453 e. The molecule has 0 spiro atoms. The van der Waals surface area contributed by atoms with Gasteiger partial charge in [0.25, 0.3) is 0 Å². The lowest BCUT2D eigenvalue weighted by Crippen LogP contribution is -1.90. The quantitative estimate of drug-likeness (QED) is 0.282. The molecule has 7 aromatic rings. The summed E-state index contributed by atoms with van der Waals surface area (Å²) in [5.41, 5.74) is 8.66. The SMILES string of the molecule is c1ccc(-c2ccc(-c3ccc(Nc4cccc5c4oc4c6ccccc6ccc54)cc3)cc2)cc1. The number of furan rings is 1. The molecular formula is C34H23NO. The van der Waals surface area contributed by atoms with Gasteiger partial charge in [-0.05, 0) is 51.9 Å². The third kappa shape index (κ3) is 3.52. The van der Waals surface area contributed by atoms with Crippen LogP contribution in [0.3, 0.4) is 0 Å². The first-order chi connectivity index (χ1) is 17.8. The van der Waals surface area contributed by atoms with Crippen molar-refractivity contribution in [1.82, 2.24) is 0 Å². The Balaban J connectivity index is 1.19. The molecule has 0 aliphatic carbocycles. The van der Waals surface area contributed by atoms with Gasteiger partial charge in [-0.15, -0.1) is 0 Å². The van der Waals surface area contributed by atoms with Crippen LogP contribution in [0.25, 0.3) is 55.0 Å². The van der Waals surface area contributed by atoms with Gasteiger partial charge in [-0.2, -0.15) is 0 Å². The highest BCUT2D eigenvalue weighted by Gasteiger charge is 2.13. The molecule has 1 aromatic heterocycles. The van der Waals surface area contributed by atoms with Gasteiger partial charge in [0.15, 0.2) is 5.58 Å². The van der Waals surface area contributed by atoms with E-state index in [-0.39, 0.29) is 0 Å². The van der Waals surface area contributed by atoms with Crippen molar-refractivity contribution in [3.05, 3.63) is 133 Å². The van der Waals surface area contributed by atoms with Gasteiger partial charge in [0.2, 0.25) is 0 Å². The van der Waals surface area contributed by atoms with Crippen molar-refractivity contribution in [3.63, 3.8) is 0 Å². The molecule has 0 fully saturated rings. The van der Waals surface area contributed by atoms with Crippen molar-refractivity contribution < 1.29 is 4.42 Å². The van der Waals surface area contributed by atoms with E-state index in [1.165, 1.54) is 27.6 Å². The monoisotopic (exact) mass is 461 g/mol. The summed E-state index contributed by atoms with van der Waals surface area (Å²) in [4.78, 5) is 0. The van der Waals surface area contributed by atoms with Gasteiger partial charge in [-0.25, -0.2) is 0 Å². The molecule has 36 heavy (non-hydrogen) atoms. The average Bonchev–Trinajstić information content (AvgIpc) is 3.34. The maximum absolute atomic E-state index is 6.45. The van der Waals surface area contributed by atoms with Crippen LogP contribution in [-0.4, -0.2) is 0 Å². The highest BCUT2D eigenvalue weighted by atomic mass is 16.3. The Morgan fingerprint density at radius 2 is 0.972 bits per heavy atom. The third-order valence-electron chi connectivity index (χ3n) is 6.88. The van der Waals surface area contributed by atoms with Crippen LogP contribution < -0.4 is 5.32 Å². The number of rotatable bonds is 4. The fraction of sp³-hybridized carbons (Fsp3) is 0. The van der Waals surface area contributed by atoms with Gasteiger partial charge in [-0.3, -0.25) is 0 Å². The van der Waals surface area contributed by atoms with Crippen molar-refractivity contribution in [2.24, 2.45) is 0 Å². The lowest BCUT2D eigenvalue weighted by atomic mass is 10.0. The molecule has 0 aliphatic heterocycles. The molecule has 0 radical (unpaired) electrons. The zero-order valence-corrected chi connectivity index (χ0v) is 19.6. The van der Waals surface area contributed by atoms with Crippen molar-refractivity contribution in [1.29, 1.82) is 0 Å². The van der Waals surface area contributed by atoms with Crippen LogP contribution >= 0.6 is 0 Å². The molecule has 0 unspecified atom stereocenters. The van der Waals surface area contributed by atoms with Crippen LogP contribution in [0.4, 0.5) is 11.4 Å². The van der Waals surface area contributed by atoms with E-state index in [0.29, 0.717) is 0 Å². The highest BCUT2D eigenvalue weighted by molar-refractivity contribution is 6.17. The molecule has 170 valence electrons. The third-order valence-corrected chi connectivity index (χ3v) is 6.88. The number of nitrogens with one attached hydrogen (secondary N) is 1. The minimum absolute atomic E-state index is 0.879. The number of hydrogen-bond acceptors (Lipinski definition) is 2. The summed E-state index contributed by atoms with van der Waals surface area (Å²) in [6.07, 6.45) is 0. The molecule has 1 heterocycles. The van der Waals surface area contributed by atoms with Crippen molar-refractivity contribution >= 4 is 44.1 Å². The summed E-state index contributed by atoms with van der Waals surface area (Å²) < 4.78 is 6.45. The minimum atomic E-state index is 0.879. The molecule has 0 saturated carbocycles. The first kappa shape index (κ1) is 20.5. The summed E-state index contributed by atoms with van der Waals surface area (Å²) >= 11 is 0. The predicted molar refractivity (Wildman–Crippen MR) is 152 cm³/mol. The van der Waals surface area contributed by atoms with Gasteiger partial charge in [0, 0.05) is 21.8 Å². The summed E-state index contributed by atoms with van der Waals surface area (Å²) in [6, 6.07) is 46.7. The Hall–Kier alpha value is -4.82. The lowest BCUT2D eigenvalue weighted by molar-refractivity contribution is 0.674. The number of para-hydroxylation sites is 1. The maximum atomic E-state index is 6.45. The first-order valence-electron chi connectivity index (χ1n) is 12.2. The van der Waals surface area contributed by atoms with Crippen LogP contribution in [0, 0.1) is 0 Å². The van der Waals surface area contributed by atoms with E-state index in [0.717, 1.165) is 38.7 Å². The Kier molecular flexibility index (Phi) is 4.82. The van der Waals surface area contributed by atoms with Crippen LogP contribution in [0.5, 0.6) is 0 Å². The normalized spacial score (nSPS) is 11.3. The molecule has 7 rings (SSSR count). The first-order valence-corrected chi connectivity index (χ1v) is 12.2. The van der Waals surface area contributed by atoms with Crippen LogP contribution in [-0.2, 0) is 0 Å². The van der Waals surface area contributed by atoms with Crippen LogP contribution in [0.2, 0.25) is 0 Å². The van der Waals surface area contributed by atoms with Gasteiger partial charge in [0.05, 0.1) is 5.69 Å². The molecule has 0 saturated heterocycles. The zero-order chi connectivity index (χ0) is 23.9. The molecule has 0 aliphatic rings. The van der Waals surface area contributed by atoms with E-state index in [4.69, 9.17) is 4.42 Å². The maximum Gasteiger partial charge on any atom is 0.158 e. The minimum Gasteiger partial charge on any atom is -0.453 e. The van der Waals surface area contributed by atoms with Crippen molar-refractivity contribution in [2.75, 3.05) is 5.32 Å². The van der Waals surface area contributed by atoms with E-state index < -0.39 is 0 Å². The number of hydrogen-bond donors (Lipinski definition) is 1. The highest BCUT2D eigenvalue weighted by Crippen LogP contribution is 2.38. The van der Waals surface area contributed by atoms with Gasteiger partial charge < -0.3 is 9.73 Å². The summed E-state index contributed by atoms with van der Waals surface area (Å²) in [6.45, 7) is 0. The van der Waals surface area contributed by atoms with Crippen LogP contribution in [0.1, 0.15) is 0 Å². The molecule has 0 bridgehead atoms. The molecule has 2 heteroatoms. The van der Waals surface area contributed by atoms with Crippen molar-refractivity contribution in [2.45, 2.75) is 0 Å². The molecule has 0 atom stereocenters. The Bertz CT molecular complexity index is 1830. The van der Waals surface area contributed by atoms with E-state index in [2.05, 4.69) is 133 Å². The number of fused-ring (bicyclic) bond motifs is 5. The second-order valence-electron chi connectivity index (χ2n) is 9.09. The van der Waals surface area contributed by atoms with Crippen molar-refractivity contribution in [3.8, 4) is 22.3 Å². The lowest BCUT2D eigenvalue weighted by Gasteiger charge is -2.09. The molecule has 2 nitrogen and oxygen atoms in total. The average molecular weight is 462 g/mol. The van der Waals surface area contributed by atoms with E-state index in [1.54, 1.807) is 0 Å². The number of anilines is 2. The zero-order valence-electron chi connectivity index (χ0n) is 19.6. The predicted octanol–water partition coefficient (Wildman–Crippen LogP) is 9.82. The van der Waals surface area contributed by atoms with E-state index >= 15 is 0 Å². The summed E-state index contributed by atoms with van der Waals surface area (Å²) in [5, 5.41) is 8.16. The fourth-order valence-corrected chi connectivity index (χ4v) is 5.01. The van der Waals surface area contributed by atoms with Crippen LogP contribution in [0.15, 0.2) is 138 Å². The Morgan fingerprint density at radius 3 is 1.72 bits per heavy atom. The summed E-state index contributed by atoms with van der Waals surface area (Å²) in [5.74, 6) is 0. The van der Waals surface area contributed by atoms with E-state index in [9.17, 15) is 0 Å². The molecule has 1 N–H and O–H groups in total. The molecule has 6 aromatic carbocycles. The fourth-order valence-electron chi connectivity index (χ4n) is 5.01. The van der Waals surface area contributed by atoms with Gasteiger partial charge >= 0.3 is 0 Å². The van der Waals surface area contributed by atoms with Gasteiger partial charge in [-0.1, -0.05) is 109 Å². The second-order valence-corrected chi connectivity index (χ2v) is 9.09. The smallest absolute Gasteiger partial charge is 0.158 e. The second kappa shape index (κ2) is 8.44. The van der Waals surface area contributed by atoms with Gasteiger partial charge in [0.1, 0.15) is 5.58 Å². The Morgan fingerprint density at radius 1 is 0.389 bits per heavy atom. The summed E-state index contributed by atoms with van der Waals surface area (Å²) in [7, 11) is 0. The molecule has 0 amide bonds. The standard InChI is InChI=1S/C34H23NO/c1-2-7-23(8-3-1)24-13-15-25(16-14-24)26-17-20-28(21-18-26)35-32-12-6-11-30-31-22-19-27-9-4-5-10-29(27)33(31)36-34(30)32/h1-22,35H. The molecular weight excluding hydrogens is 438 g/mol. The van der Waals surface area contributed by atoms with E-state index in [1.807, 2.05) is 6.07 Å². The Labute approximate surface area is 209 Å². The number of benzene rings is 6. The topological polar surface area (TPSA) is 25.2 Å².